The number of hydrogen-bond donors (Lipinski definition) is 1. The van der Waals surface area contributed by atoms with E-state index >= 15 is 0 Å². The molecule has 2 aromatic carbocycles. The van der Waals surface area contributed by atoms with Crippen LogP contribution in [0.1, 0.15) is 12.0 Å². The van der Waals surface area contributed by atoms with Crippen LogP contribution in [0.25, 0.3) is 0 Å². The molecule has 3 heteroatoms. The van der Waals surface area contributed by atoms with E-state index in [2.05, 4.69) is 53.5 Å². The number of hydrogen-bond acceptors (Lipinski definition) is 3. The van der Waals surface area contributed by atoms with Gasteiger partial charge in [0.1, 0.15) is 12.4 Å². The lowest BCUT2D eigenvalue weighted by atomic mass is 10.2. The summed E-state index contributed by atoms with van der Waals surface area (Å²) in [7, 11) is 0. The smallest absolute Gasteiger partial charge is 0.122 e. The first-order chi connectivity index (χ1) is 10.8. The van der Waals surface area contributed by atoms with Crippen LogP contribution in [0.15, 0.2) is 54.6 Å². The maximum atomic E-state index is 5.83. The summed E-state index contributed by atoms with van der Waals surface area (Å²) in [6.07, 6.45) is 1.19. The van der Waals surface area contributed by atoms with E-state index in [4.69, 9.17) is 4.74 Å². The molecule has 116 valence electrons. The molecule has 1 saturated heterocycles. The molecule has 1 atom stereocenters. The predicted octanol–water partition coefficient (Wildman–Crippen LogP) is 3.24. The quantitative estimate of drug-likeness (QED) is 0.828. The van der Waals surface area contributed by atoms with Gasteiger partial charge in [-0.15, -0.1) is 0 Å². The molecule has 3 nitrogen and oxygen atoms in total. The summed E-state index contributed by atoms with van der Waals surface area (Å²) in [5.74, 6) is 0.988. The number of nitrogens with zero attached hydrogens (tertiary/aromatic N) is 1. The third kappa shape index (κ3) is 3.80. The predicted molar refractivity (Wildman–Crippen MR) is 91.7 cm³/mol. The summed E-state index contributed by atoms with van der Waals surface area (Å²) >= 11 is 0. The molecule has 0 aromatic heterocycles. The molecular formula is C19H24N2O. The van der Waals surface area contributed by atoms with Crippen LogP contribution >= 0.6 is 0 Å². The molecule has 0 spiro atoms. The van der Waals surface area contributed by atoms with Crippen molar-refractivity contribution in [1.82, 2.24) is 5.32 Å². The number of anilines is 1. The van der Waals surface area contributed by atoms with Gasteiger partial charge < -0.3 is 15.0 Å². The largest absolute Gasteiger partial charge is 0.492 e. The molecule has 3 rings (SSSR count). The molecule has 1 aliphatic rings. The van der Waals surface area contributed by atoms with Gasteiger partial charge in [0.05, 0.1) is 0 Å². The van der Waals surface area contributed by atoms with Gasteiger partial charge in [0.15, 0.2) is 0 Å². The Morgan fingerprint density at radius 1 is 1.09 bits per heavy atom. The third-order valence-corrected chi connectivity index (χ3v) is 4.20. The number of nitrogens with one attached hydrogen (secondary N) is 1. The number of ether oxygens (including phenoxy) is 1. The number of rotatable bonds is 6. The Hall–Kier alpha value is -2.00. The highest BCUT2D eigenvalue weighted by Gasteiger charge is 2.21. The maximum Gasteiger partial charge on any atom is 0.122 e. The Balaban J connectivity index is 1.39. The Bertz CT molecular complexity index is 585. The van der Waals surface area contributed by atoms with Crippen LogP contribution < -0.4 is 15.0 Å². The van der Waals surface area contributed by atoms with Crippen LogP contribution in [0.5, 0.6) is 5.75 Å². The van der Waals surface area contributed by atoms with E-state index in [1.807, 2.05) is 18.2 Å². The normalized spacial score (nSPS) is 17.7. The average molecular weight is 296 g/mol. The molecule has 1 aliphatic heterocycles. The van der Waals surface area contributed by atoms with Crippen molar-refractivity contribution >= 4 is 5.69 Å². The molecule has 1 unspecified atom stereocenters. The van der Waals surface area contributed by atoms with Crippen molar-refractivity contribution in [2.45, 2.75) is 19.4 Å². The zero-order valence-electron chi connectivity index (χ0n) is 13.2. The molecule has 1 heterocycles. The first kappa shape index (κ1) is 14.9. The van der Waals surface area contributed by atoms with Crippen LogP contribution in [-0.2, 0) is 0 Å². The molecule has 0 aliphatic carbocycles. The van der Waals surface area contributed by atoms with Crippen molar-refractivity contribution in [2.75, 3.05) is 31.1 Å². The molecule has 0 amide bonds. The van der Waals surface area contributed by atoms with Gasteiger partial charge in [0.2, 0.25) is 0 Å². The molecule has 0 saturated carbocycles. The van der Waals surface area contributed by atoms with Gasteiger partial charge in [0.25, 0.3) is 0 Å². The Morgan fingerprint density at radius 2 is 1.86 bits per heavy atom. The number of para-hydroxylation sites is 2. The third-order valence-electron chi connectivity index (χ3n) is 4.20. The van der Waals surface area contributed by atoms with Crippen LogP contribution in [0, 0.1) is 6.92 Å². The van der Waals surface area contributed by atoms with E-state index in [-0.39, 0.29) is 0 Å². The first-order valence-electron chi connectivity index (χ1n) is 8.05. The minimum atomic E-state index is 0.556. The van der Waals surface area contributed by atoms with Gasteiger partial charge >= 0.3 is 0 Å². The van der Waals surface area contributed by atoms with Gasteiger partial charge in [-0.2, -0.15) is 0 Å². The van der Waals surface area contributed by atoms with Crippen molar-refractivity contribution in [3.8, 4) is 5.75 Å². The lowest BCUT2D eigenvalue weighted by Crippen LogP contribution is -2.35. The molecule has 2 aromatic rings. The van der Waals surface area contributed by atoms with Gasteiger partial charge in [-0.25, -0.2) is 0 Å². The molecule has 1 N–H and O–H groups in total. The van der Waals surface area contributed by atoms with Gasteiger partial charge in [-0.1, -0.05) is 36.4 Å². The zero-order chi connectivity index (χ0) is 15.2. The van der Waals surface area contributed by atoms with E-state index in [9.17, 15) is 0 Å². The van der Waals surface area contributed by atoms with E-state index in [1.54, 1.807) is 0 Å². The summed E-state index contributed by atoms with van der Waals surface area (Å²) in [6, 6.07) is 19.4. The van der Waals surface area contributed by atoms with Crippen molar-refractivity contribution in [2.24, 2.45) is 0 Å². The number of aryl methyl sites for hydroxylation is 1. The second-order valence-electron chi connectivity index (χ2n) is 5.84. The van der Waals surface area contributed by atoms with Crippen molar-refractivity contribution in [3.63, 3.8) is 0 Å². The average Bonchev–Trinajstić information content (AvgIpc) is 3.03. The van der Waals surface area contributed by atoms with E-state index in [0.29, 0.717) is 12.6 Å². The number of benzene rings is 2. The van der Waals surface area contributed by atoms with Crippen LogP contribution in [0.4, 0.5) is 5.69 Å². The topological polar surface area (TPSA) is 24.5 Å². The fourth-order valence-corrected chi connectivity index (χ4v) is 2.94. The second kappa shape index (κ2) is 7.32. The molecular weight excluding hydrogens is 272 g/mol. The van der Waals surface area contributed by atoms with Crippen LogP contribution in [0.3, 0.4) is 0 Å². The lowest BCUT2D eigenvalue weighted by Gasteiger charge is -2.19. The molecule has 22 heavy (non-hydrogen) atoms. The summed E-state index contributed by atoms with van der Waals surface area (Å²) in [6.45, 7) is 5.89. The van der Waals surface area contributed by atoms with Gasteiger partial charge in [0, 0.05) is 31.4 Å². The van der Waals surface area contributed by atoms with Crippen molar-refractivity contribution in [1.29, 1.82) is 0 Å². The highest BCUT2D eigenvalue weighted by atomic mass is 16.5. The van der Waals surface area contributed by atoms with Crippen molar-refractivity contribution < 1.29 is 4.74 Å². The van der Waals surface area contributed by atoms with Crippen LogP contribution in [-0.4, -0.2) is 32.3 Å². The zero-order valence-corrected chi connectivity index (χ0v) is 13.2. The monoisotopic (exact) mass is 296 g/mol. The van der Waals surface area contributed by atoms with Crippen molar-refractivity contribution in [3.05, 3.63) is 60.2 Å². The fraction of sp³-hybridized carbons (Fsp3) is 0.368. The van der Waals surface area contributed by atoms with Gasteiger partial charge in [-0.3, -0.25) is 0 Å². The summed E-state index contributed by atoms with van der Waals surface area (Å²) in [4.78, 5) is 2.44. The second-order valence-corrected chi connectivity index (χ2v) is 5.84. The van der Waals surface area contributed by atoms with Gasteiger partial charge in [-0.05, 0) is 37.1 Å². The molecule has 1 fully saturated rings. The first-order valence-corrected chi connectivity index (χ1v) is 8.05. The standard InChI is InChI=1S/C19H24N2O/c1-16-7-5-6-10-19(16)22-14-12-20-17-11-13-21(15-17)18-8-3-2-4-9-18/h2-10,17,20H,11-15H2,1H3. The Kier molecular flexibility index (Phi) is 4.96. The minimum Gasteiger partial charge on any atom is -0.492 e. The van der Waals surface area contributed by atoms with E-state index < -0.39 is 0 Å². The fourth-order valence-electron chi connectivity index (χ4n) is 2.94. The van der Waals surface area contributed by atoms with E-state index in [0.717, 1.165) is 25.4 Å². The minimum absolute atomic E-state index is 0.556. The van der Waals surface area contributed by atoms with E-state index in [1.165, 1.54) is 17.7 Å². The summed E-state index contributed by atoms with van der Waals surface area (Å²) in [5.41, 5.74) is 2.52. The molecule has 0 bridgehead atoms. The lowest BCUT2D eigenvalue weighted by molar-refractivity contribution is 0.305. The Labute approximate surface area is 132 Å². The molecule has 0 radical (unpaired) electrons. The summed E-state index contributed by atoms with van der Waals surface area (Å²) < 4.78 is 5.83. The highest BCUT2D eigenvalue weighted by Crippen LogP contribution is 2.19. The SMILES string of the molecule is Cc1ccccc1OCCNC1CCN(c2ccccc2)C1. The Morgan fingerprint density at radius 3 is 2.68 bits per heavy atom. The summed E-state index contributed by atoms with van der Waals surface area (Å²) in [5, 5.41) is 3.60. The maximum absolute atomic E-state index is 5.83. The van der Waals surface area contributed by atoms with Crippen LogP contribution in [0.2, 0.25) is 0 Å². The highest BCUT2D eigenvalue weighted by molar-refractivity contribution is 5.47.